The molecule has 2 unspecified atom stereocenters. The third-order valence-electron chi connectivity index (χ3n) is 4.33. The summed E-state index contributed by atoms with van der Waals surface area (Å²) in [4.78, 5) is 14.0. The predicted molar refractivity (Wildman–Crippen MR) is 75.9 cm³/mol. The molecule has 1 amide bonds. The molecule has 0 radical (unpaired) electrons. The number of amides is 1. The van der Waals surface area contributed by atoms with Crippen LogP contribution in [0.25, 0.3) is 0 Å². The van der Waals surface area contributed by atoms with Gasteiger partial charge in [-0.15, -0.1) is 0 Å². The van der Waals surface area contributed by atoms with Crippen molar-refractivity contribution in [1.29, 1.82) is 5.26 Å². The summed E-state index contributed by atoms with van der Waals surface area (Å²) < 4.78 is 0. The van der Waals surface area contributed by atoms with Crippen LogP contribution in [-0.4, -0.2) is 25.0 Å². The van der Waals surface area contributed by atoms with Crippen molar-refractivity contribution in [3.63, 3.8) is 0 Å². The van der Waals surface area contributed by atoms with Crippen LogP contribution in [0, 0.1) is 17.2 Å². The molecule has 0 saturated carbocycles. The Bertz CT molecular complexity index is 578. The number of hydrogen-bond donors (Lipinski definition) is 2. The maximum atomic E-state index is 11.8. The smallest absolute Gasteiger partial charge is 0.225 e. The summed E-state index contributed by atoms with van der Waals surface area (Å²) in [6.07, 6.45) is 1.92. The van der Waals surface area contributed by atoms with Gasteiger partial charge in [-0.25, -0.2) is 0 Å². The molecule has 3 N–H and O–H groups in total. The minimum Gasteiger partial charge on any atom is -0.365 e. The highest BCUT2D eigenvalue weighted by molar-refractivity contribution is 5.83. The van der Waals surface area contributed by atoms with Crippen molar-refractivity contribution in [1.82, 2.24) is 5.32 Å². The SMILES string of the molecule is N#Cc1cc(CN)ccc1N1CCCC2C(=O)NCC21. The second-order valence-corrected chi connectivity index (χ2v) is 5.42. The first-order chi connectivity index (χ1) is 9.74. The van der Waals surface area contributed by atoms with E-state index in [2.05, 4.69) is 16.3 Å². The number of nitrogens with two attached hydrogens (primary N) is 1. The minimum absolute atomic E-state index is 0.0597. The van der Waals surface area contributed by atoms with Gasteiger partial charge in [-0.2, -0.15) is 5.26 Å². The molecule has 3 rings (SSSR count). The third kappa shape index (κ3) is 2.02. The highest BCUT2D eigenvalue weighted by atomic mass is 16.2. The Kier molecular flexibility index (Phi) is 3.33. The van der Waals surface area contributed by atoms with E-state index < -0.39 is 0 Å². The quantitative estimate of drug-likeness (QED) is 0.830. The van der Waals surface area contributed by atoms with Crippen molar-refractivity contribution in [3.8, 4) is 6.07 Å². The Morgan fingerprint density at radius 2 is 2.35 bits per heavy atom. The van der Waals surface area contributed by atoms with E-state index in [0.717, 1.165) is 30.6 Å². The highest BCUT2D eigenvalue weighted by Crippen LogP contribution is 2.33. The standard InChI is InChI=1S/C15H18N4O/c16-7-10-3-4-13(11(6-10)8-17)19-5-1-2-12-14(19)9-18-15(12)20/h3-4,6,12,14H,1-2,5,7,9,16H2,(H,18,20). The maximum Gasteiger partial charge on any atom is 0.225 e. The monoisotopic (exact) mass is 270 g/mol. The van der Waals surface area contributed by atoms with Crippen molar-refractivity contribution in [2.75, 3.05) is 18.0 Å². The largest absolute Gasteiger partial charge is 0.365 e. The van der Waals surface area contributed by atoms with Crippen LogP contribution in [0.5, 0.6) is 0 Å². The normalized spacial score (nSPS) is 25.0. The molecular weight excluding hydrogens is 252 g/mol. The zero-order valence-electron chi connectivity index (χ0n) is 11.3. The molecule has 2 aliphatic heterocycles. The van der Waals surface area contributed by atoms with E-state index in [1.54, 1.807) is 0 Å². The number of nitrogens with zero attached hydrogens (tertiary/aromatic N) is 2. The van der Waals surface area contributed by atoms with E-state index >= 15 is 0 Å². The number of fused-ring (bicyclic) bond motifs is 1. The second kappa shape index (κ2) is 5.14. The van der Waals surface area contributed by atoms with E-state index in [1.807, 2.05) is 18.2 Å². The molecule has 0 aromatic heterocycles. The molecule has 0 aliphatic carbocycles. The fourth-order valence-electron chi connectivity index (χ4n) is 3.30. The number of rotatable bonds is 2. The number of nitrogens with one attached hydrogen (secondary N) is 1. The fourth-order valence-corrected chi connectivity index (χ4v) is 3.30. The number of carbonyl (C=O) groups is 1. The number of hydrogen-bond acceptors (Lipinski definition) is 4. The summed E-state index contributed by atoms with van der Waals surface area (Å²) in [7, 11) is 0. The van der Waals surface area contributed by atoms with Crippen LogP contribution < -0.4 is 16.0 Å². The molecule has 2 heterocycles. The van der Waals surface area contributed by atoms with Crippen LogP contribution in [0.3, 0.4) is 0 Å². The first-order valence-electron chi connectivity index (χ1n) is 7.02. The molecule has 0 bridgehead atoms. The third-order valence-corrected chi connectivity index (χ3v) is 4.33. The molecule has 104 valence electrons. The molecule has 5 heteroatoms. The lowest BCUT2D eigenvalue weighted by molar-refractivity contribution is -0.122. The van der Waals surface area contributed by atoms with Crippen LogP contribution in [-0.2, 0) is 11.3 Å². The van der Waals surface area contributed by atoms with Crippen molar-refractivity contribution in [2.24, 2.45) is 11.7 Å². The lowest BCUT2D eigenvalue weighted by atomic mass is 9.90. The topological polar surface area (TPSA) is 82.2 Å². The van der Waals surface area contributed by atoms with Crippen molar-refractivity contribution >= 4 is 11.6 Å². The van der Waals surface area contributed by atoms with Crippen LogP contribution in [0.1, 0.15) is 24.0 Å². The first kappa shape index (κ1) is 12.9. The summed E-state index contributed by atoms with van der Waals surface area (Å²) in [6, 6.07) is 8.21. The van der Waals surface area contributed by atoms with Crippen molar-refractivity contribution < 1.29 is 4.79 Å². The first-order valence-corrected chi connectivity index (χ1v) is 7.02. The maximum absolute atomic E-state index is 11.8. The zero-order valence-corrected chi connectivity index (χ0v) is 11.3. The molecule has 20 heavy (non-hydrogen) atoms. The molecule has 1 aromatic rings. The summed E-state index contributed by atoms with van der Waals surface area (Å²) >= 11 is 0. The number of benzene rings is 1. The van der Waals surface area contributed by atoms with E-state index in [4.69, 9.17) is 5.73 Å². The molecule has 2 atom stereocenters. The zero-order chi connectivity index (χ0) is 14.1. The average Bonchev–Trinajstić information content (AvgIpc) is 2.88. The molecule has 2 fully saturated rings. The Morgan fingerprint density at radius 3 is 3.10 bits per heavy atom. The Morgan fingerprint density at radius 1 is 1.50 bits per heavy atom. The van der Waals surface area contributed by atoms with E-state index in [-0.39, 0.29) is 17.9 Å². The average molecular weight is 270 g/mol. The Labute approximate surface area is 118 Å². The lowest BCUT2D eigenvalue weighted by Gasteiger charge is -2.38. The van der Waals surface area contributed by atoms with E-state index in [1.165, 1.54) is 0 Å². The van der Waals surface area contributed by atoms with Gasteiger partial charge in [0.2, 0.25) is 5.91 Å². The number of piperidine rings is 1. The van der Waals surface area contributed by atoms with Gasteiger partial charge in [-0.05, 0) is 30.5 Å². The summed E-state index contributed by atoms with van der Waals surface area (Å²) in [6.45, 7) is 2.00. The van der Waals surface area contributed by atoms with Crippen LogP contribution in [0.4, 0.5) is 5.69 Å². The summed E-state index contributed by atoms with van der Waals surface area (Å²) in [5.41, 5.74) is 8.16. The lowest BCUT2D eigenvalue weighted by Crippen LogP contribution is -2.46. The second-order valence-electron chi connectivity index (χ2n) is 5.42. The van der Waals surface area contributed by atoms with Gasteiger partial charge in [0, 0.05) is 19.6 Å². The molecule has 0 spiro atoms. The van der Waals surface area contributed by atoms with Gasteiger partial charge in [0.1, 0.15) is 6.07 Å². The molecule has 1 aromatic carbocycles. The minimum atomic E-state index is 0.0597. The Hall–Kier alpha value is -2.06. The van der Waals surface area contributed by atoms with E-state index in [9.17, 15) is 10.1 Å². The Balaban J connectivity index is 1.96. The van der Waals surface area contributed by atoms with Gasteiger partial charge >= 0.3 is 0 Å². The van der Waals surface area contributed by atoms with Crippen molar-refractivity contribution in [2.45, 2.75) is 25.4 Å². The van der Waals surface area contributed by atoms with Gasteiger partial charge in [0.05, 0.1) is 23.2 Å². The van der Waals surface area contributed by atoms with Gasteiger partial charge in [0.15, 0.2) is 0 Å². The number of anilines is 1. The van der Waals surface area contributed by atoms with Crippen molar-refractivity contribution in [3.05, 3.63) is 29.3 Å². The van der Waals surface area contributed by atoms with E-state index in [0.29, 0.717) is 18.7 Å². The highest BCUT2D eigenvalue weighted by Gasteiger charge is 2.41. The predicted octanol–water partition coefficient (Wildman–Crippen LogP) is 0.732. The number of carbonyl (C=O) groups excluding carboxylic acids is 1. The van der Waals surface area contributed by atoms with Crippen LogP contribution in [0.2, 0.25) is 0 Å². The van der Waals surface area contributed by atoms with Gasteiger partial charge in [0.25, 0.3) is 0 Å². The molecule has 2 aliphatic rings. The summed E-state index contributed by atoms with van der Waals surface area (Å²) in [5, 5.41) is 12.3. The summed E-state index contributed by atoms with van der Waals surface area (Å²) in [5.74, 6) is 0.210. The van der Waals surface area contributed by atoms with Gasteiger partial charge < -0.3 is 16.0 Å². The molecular formula is C15H18N4O. The van der Waals surface area contributed by atoms with Gasteiger partial charge in [-0.1, -0.05) is 6.07 Å². The molecule has 5 nitrogen and oxygen atoms in total. The van der Waals surface area contributed by atoms with Crippen LogP contribution >= 0.6 is 0 Å². The van der Waals surface area contributed by atoms with Gasteiger partial charge in [-0.3, -0.25) is 4.79 Å². The van der Waals surface area contributed by atoms with Crippen LogP contribution in [0.15, 0.2) is 18.2 Å². The number of nitriles is 1. The molecule has 2 saturated heterocycles. The fraction of sp³-hybridized carbons (Fsp3) is 0.467.